The van der Waals surface area contributed by atoms with E-state index < -0.39 is 11.6 Å². The van der Waals surface area contributed by atoms with Crippen molar-refractivity contribution in [2.24, 2.45) is 0 Å². The summed E-state index contributed by atoms with van der Waals surface area (Å²) in [5.41, 5.74) is 1.99. The molecule has 3 nitrogen and oxygen atoms in total. The largest absolute Gasteiger partial charge is 0.492 e. The normalized spacial score (nSPS) is 10.5. The number of carbonyl (C=O) groups excluding carboxylic acids is 1. The number of carbonyl (C=O) groups is 1. The van der Waals surface area contributed by atoms with Crippen LogP contribution in [0, 0.1) is 25.5 Å². The van der Waals surface area contributed by atoms with Crippen LogP contribution in [-0.4, -0.2) is 24.0 Å². The first-order valence-electron chi connectivity index (χ1n) is 7.49. The number of hydrogen-bond acceptors (Lipinski definition) is 3. The number of thioether (sulfide) groups is 1. The number of rotatable bonds is 7. The van der Waals surface area contributed by atoms with Crippen molar-refractivity contribution in [3.63, 3.8) is 0 Å². The van der Waals surface area contributed by atoms with E-state index in [0.29, 0.717) is 12.4 Å². The van der Waals surface area contributed by atoms with Crippen LogP contribution in [0.2, 0.25) is 0 Å². The van der Waals surface area contributed by atoms with Gasteiger partial charge in [0, 0.05) is 11.8 Å². The van der Waals surface area contributed by atoms with E-state index in [1.54, 1.807) is 0 Å². The number of benzene rings is 2. The lowest BCUT2D eigenvalue weighted by Gasteiger charge is -2.11. The van der Waals surface area contributed by atoms with Crippen LogP contribution in [0.25, 0.3) is 0 Å². The standard InChI is InChI=1S/C18H19F2NO2S/c1-12-4-3-5-13(2)18(12)23-8-9-24-11-17(22)21-16-10-14(19)6-7-15(16)20/h3-7,10H,8-9,11H2,1-2H3,(H,21,22). The number of halogens is 2. The molecule has 128 valence electrons. The van der Waals surface area contributed by atoms with Gasteiger partial charge >= 0.3 is 0 Å². The second-order valence-corrected chi connectivity index (χ2v) is 6.40. The Bertz CT molecular complexity index is 702. The van der Waals surface area contributed by atoms with Crippen molar-refractivity contribution in [1.29, 1.82) is 0 Å². The molecule has 0 saturated heterocycles. The van der Waals surface area contributed by atoms with E-state index in [9.17, 15) is 13.6 Å². The smallest absolute Gasteiger partial charge is 0.234 e. The number of aryl methyl sites for hydroxylation is 2. The second kappa shape index (κ2) is 8.68. The number of para-hydroxylation sites is 1. The molecule has 1 amide bonds. The third-order valence-electron chi connectivity index (χ3n) is 3.32. The van der Waals surface area contributed by atoms with Gasteiger partial charge in [-0.2, -0.15) is 0 Å². The van der Waals surface area contributed by atoms with Crippen LogP contribution >= 0.6 is 11.8 Å². The molecule has 0 spiro atoms. The zero-order chi connectivity index (χ0) is 17.5. The molecule has 1 N–H and O–H groups in total. The van der Waals surface area contributed by atoms with Gasteiger partial charge in [-0.05, 0) is 37.1 Å². The van der Waals surface area contributed by atoms with Crippen molar-refractivity contribution < 1.29 is 18.3 Å². The highest BCUT2D eigenvalue weighted by Gasteiger charge is 2.08. The molecule has 2 aromatic rings. The molecule has 2 rings (SSSR count). The van der Waals surface area contributed by atoms with Crippen LogP contribution in [0.1, 0.15) is 11.1 Å². The van der Waals surface area contributed by atoms with Gasteiger partial charge in [0.15, 0.2) is 0 Å². The summed E-state index contributed by atoms with van der Waals surface area (Å²) in [5, 5.41) is 2.36. The third kappa shape index (κ3) is 5.23. The molecule has 0 bridgehead atoms. The molecule has 24 heavy (non-hydrogen) atoms. The topological polar surface area (TPSA) is 38.3 Å². The Hall–Kier alpha value is -2.08. The summed E-state index contributed by atoms with van der Waals surface area (Å²) in [6.07, 6.45) is 0. The Morgan fingerprint density at radius 3 is 2.58 bits per heavy atom. The van der Waals surface area contributed by atoms with E-state index >= 15 is 0 Å². The molecule has 0 aliphatic rings. The first-order valence-corrected chi connectivity index (χ1v) is 8.64. The summed E-state index contributed by atoms with van der Waals surface area (Å²) in [6.45, 7) is 4.44. The summed E-state index contributed by atoms with van der Waals surface area (Å²) < 4.78 is 32.2. The lowest BCUT2D eigenvalue weighted by molar-refractivity contribution is -0.113. The van der Waals surface area contributed by atoms with E-state index in [1.165, 1.54) is 11.8 Å². The van der Waals surface area contributed by atoms with Gasteiger partial charge in [0.05, 0.1) is 18.0 Å². The van der Waals surface area contributed by atoms with Gasteiger partial charge in [0.2, 0.25) is 5.91 Å². The third-order valence-corrected chi connectivity index (χ3v) is 4.24. The average molecular weight is 351 g/mol. The predicted octanol–water partition coefficient (Wildman–Crippen LogP) is 4.33. The van der Waals surface area contributed by atoms with Crippen molar-refractivity contribution in [2.45, 2.75) is 13.8 Å². The van der Waals surface area contributed by atoms with E-state index in [0.717, 1.165) is 35.1 Å². The summed E-state index contributed by atoms with van der Waals surface area (Å²) in [7, 11) is 0. The molecule has 0 fully saturated rings. The fourth-order valence-corrected chi connectivity index (χ4v) is 2.78. The van der Waals surface area contributed by atoms with Crippen molar-refractivity contribution >= 4 is 23.4 Å². The molecule has 6 heteroatoms. The molecule has 0 unspecified atom stereocenters. The van der Waals surface area contributed by atoms with Gasteiger partial charge in [-0.3, -0.25) is 4.79 Å². The van der Waals surface area contributed by atoms with Gasteiger partial charge < -0.3 is 10.1 Å². The Morgan fingerprint density at radius 2 is 1.88 bits per heavy atom. The molecular weight excluding hydrogens is 332 g/mol. The number of anilines is 1. The van der Waals surface area contributed by atoms with E-state index in [2.05, 4.69) is 5.32 Å². The lowest BCUT2D eigenvalue weighted by Crippen LogP contribution is -2.16. The molecule has 0 aliphatic carbocycles. The lowest BCUT2D eigenvalue weighted by atomic mass is 10.1. The highest BCUT2D eigenvalue weighted by Crippen LogP contribution is 2.22. The van der Waals surface area contributed by atoms with Gasteiger partial charge in [-0.25, -0.2) is 8.78 Å². The fraction of sp³-hybridized carbons (Fsp3) is 0.278. The van der Waals surface area contributed by atoms with Crippen molar-refractivity contribution in [3.05, 3.63) is 59.2 Å². The van der Waals surface area contributed by atoms with Crippen molar-refractivity contribution in [1.82, 2.24) is 0 Å². The first kappa shape index (κ1) is 18.3. The first-order chi connectivity index (χ1) is 11.5. The summed E-state index contributed by atoms with van der Waals surface area (Å²) in [5.74, 6) is -0.00534. The Kier molecular flexibility index (Phi) is 6.61. The molecule has 0 atom stereocenters. The van der Waals surface area contributed by atoms with Crippen LogP contribution < -0.4 is 10.1 Å². The Balaban J connectivity index is 1.72. The number of ether oxygens (including phenoxy) is 1. The number of hydrogen-bond donors (Lipinski definition) is 1. The maximum atomic E-state index is 13.4. The number of amides is 1. The minimum atomic E-state index is -0.659. The van der Waals surface area contributed by atoms with Gasteiger partial charge in [-0.15, -0.1) is 11.8 Å². The molecule has 0 heterocycles. The molecule has 0 radical (unpaired) electrons. The van der Waals surface area contributed by atoms with Crippen LogP contribution in [0.5, 0.6) is 5.75 Å². The summed E-state index contributed by atoms with van der Waals surface area (Å²) in [6, 6.07) is 8.89. The number of nitrogens with one attached hydrogen (secondary N) is 1. The maximum absolute atomic E-state index is 13.4. The van der Waals surface area contributed by atoms with E-state index in [1.807, 2.05) is 32.0 Å². The summed E-state index contributed by atoms with van der Waals surface area (Å²) in [4.78, 5) is 11.8. The minimum absolute atomic E-state index is 0.145. The SMILES string of the molecule is Cc1cccc(C)c1OCCSCC(=O)Nc1cc(F)ccc1F. The second-order valence-electron chi connectivity index (χ2n) is 5.29. The molecule has 0 aliphatic heterocycles. The van der Waals surface area contributed by atoms with E-state index in [-0.39, 0.29) is 17.3 Å². The molecule has 0 aromatic heterocycles. The summed E-state index contributed by atoms with van der Waals surface area (Å²) >= 11 is 1.37. The quantitative estimate of drug-likeness (QED) is 0.755. The average Bonchev–Trinajstić information content (AvgIpc) is 2.53. The zero-order valence-corrected chi connectivity index (χ0v) is 14.4. The van der Waals surface area contributed by atoms with Crippen LogP contribution in [-0.2, 0) is 4.79 Å². The highest BCUT2D eigenvalue weighted by atomic mass is 32.2. The molecule has 0 saturated carbocycles. The minimum Gasteiger partial charge on any atom is -0.492 e. The van der Waals surface area contributed by atoms with Crippen molar-refractivity contribution in [2.75, 3.05) is 23.4 Å². The van der Waals surface area contributed by atoms with Crippen LogP contribution in [0.4, 0.5) is 14.5 Å². The van der Waals surface area contributed by atoms with Crippen LogP contribution in [0.3, 0.4) is 0 Å². The van der Waals surface area contributed by atoms with E-state index in [4.69, 9.17) is 4.74 Å². The Morgan fingerprint density at radius 1 is 1.17 bits per heavy atom. The van der Waals surface area contributed by atoms with Gasteiger partial charge in [-0.1, -0.05) is 18.2 Å². The zero-order valence-electron chi connectivity index (χ0n) is 13.6. The van der Waals surface area contributed by atoms with Gasteiger partial charge in [0.1, 0.15) is 17.4 Å². The molecular formula is C18H19F2NO2S. The monoisotopic (exact) mass is 351 g/mol. The Labute approximate surface area is 144 Å². The van der Waals surface area contributed by atoms with Gasteiger partial charge in [0.25, 0.3) is 0 Å². The molecule has 2 aromatic carbocycles. The predicted molar refractivity (Wildman–Crippen MR) is 93.7 cm³/mol. The highest BCUT2D eigenvalue weighted by molar-refractivity contribution is 7.99. The van der Waals surface area contributed by atoms with Crippen molar-refractivity contribution in [3.8, 4) is 5.75 Å². The fourth-order valence-electron chi connectivity index (χ4n) is 2.17. The van der Waals surface area contributed by atoms with Crippen LogP contribution in [0.15, 0.2) is 36.4 Å². The maximum Gasteiger partial charge on any atom is 0.234 e.